The second-order valence-corrected chi connectivity index (χ2v) is 7.70. The molecule has 2 aromatic rings. The first kappa shape index (κ1) is 17.7. The summed E-state index contributed by atoms with van der Waals surface area (Å²) in [6, 6.07) is 17.6. The zero-order valence-corrected chi connectivity index (χ0v) is 17.1. The van der Waals surface area contributed by atoms with E-state index in [0.717, 1.165) is 12.8 Å². The fourth-order valence-corrected chi connectivity index (χ4v) is 4.55. The molecule has 0 spiro atoms. The van der Waals surface area contributed by atoms with E-state index in [1.165, 1.54) is 46.6 Å². The molecule has 0 heterocycles. The molecule has 0 saturated carbocycles. The zero-order chi connectivity index (χ0) is 13.5. The van der Waals surface area contributed by atoms with E-state index < -0.39 is 0 Å². The van der Waals surface area contributed by atoms with E-state index in [-0.39, 0.29) is 24.8 Å². The monoisotopic (exact) mass is 493 g/mol. The van der Waals surface area contributed by atoms with Gasteiger partial charge in [-0.3, -0.25) is 0 Å². The van der Waals surface area contributed by atoms with Crippen molar-refractivity contribution in [3.63, 3.8) is 0 Å². The van der Waals surface area contributed by atoms with Gasteiger partial charge >= 0.3 is 135 Å². The second kappa shape index (κ2) is 7.29. The van der Waals surface area contributed by atoms with Crippen LogP contribution >= 0.6 is 0 Å². The molecular formula is C19H15Cl2Hf. The van der Waals surface area contributed by atoms with Gasteiger partial charge in [-0.05, 0) is 0 Å². The summed E-state index contributed by atoms with van der Waals surface area (Å²) in [6.45, 7) is 0. The quantitative estimate of drug-likeness (QED) is 0.453. The Labute approximate surface area is 159 Å². The van der Waals surface area contributed by atoms with Gasteiger partial charge in [-0.25, -0.2) is 0 Å². The molecule has 3 heteroatoms. The van der Waals surface area contributed by atoms with Crippen molar-refractivity contribution in [3.8, 4) is 0 Å². The number of rotatable bonds is 2. The van der Waals surface area contributed by atoms with E-state index in [1.807, 2.05) is 0 Å². The van der Waals surface area contributed by atoms with Crippen LogP contribution in [0, 0.1) is 0 Å². The van der Waals surface area contributed by atoms with Crippen molar-refractivity contribution in [2.45, 2.75) is 16.5 Å². The van der Waals surface area contributed by atoms with E-state index in [2.05, 4.69) is 60.7 Å². The molecule has 0 unspecified atom stereocenters. The van der Waals surface area contributed by atoms with E-state index in [1.54, 1.807) is 11.1 Å². The second-order valence-electron chi connectivity index (χ2n) is 5.62. The molecule has 0 saturated heterocycles. The van der Waals surface area contributed by atoms with Crippen molar-refractivity contribution < 1.29 is 49.2 Å². The average molecular weight is 493 g/mol. The fraction of sp³-hybridized carbons (Fsp3) is 0.158. The Morgan fingerprint density at radius 2 is 1.09 bits per heavy atom. The first-order chi connectivity index (χ1) is 9.81. The van der Waals surface area contributed by atoms with E-state index in [4.69, 9.17) is 0 Å². The molecule has 0 bridgehead atoms. The van der Waals surface area contributed by atoms with Crippen LogP contribution in [0.5, 0.6) is 0 Å². The van der Waals surface area contributed by atoms with Crippen molar-refractivity contribution in [1.29, 1.82) is 0 Å². The van der Waals surface area contributed by atoms with Gasteiger partial charge in [-0.2, -0.15) is 0 Å². The minimum absolute atomic E-state index is 0. The minimum atomic E-state index is 0. The molecule has 2 aromatic carbocycles. The first-order valence-electron chi connectivity index (χ1n) is 7.09. The molecule has 0 amide bonds. The van der Waals surface area contributed by atoms with Crippen molar-refractivity contribution in [2.75, 3.05) is 0 Å². The predicted molar refractivity (Wildman–Crippen MR) is 80.0 cm³/mol. The number of halogens is 2. The van der Waals surface area contributed by atoms with Crippen LogP contribution < -0.4 is 24.8 Å². The van der Waals surface area contributed by atoms with Crippen LogP contribution in [0.25, 0.3) is 12.2 Å². The Morgan fingerprint density at radius 3 is 1.50 bits per heavy atom. The summed E-state index contributed by atoms with van der Waals surface area (Å²) in [4.78, 5) is 0. The van der Waals surface area contributed by atoms with E-state index in [9.17, 15) is 0 Å². The fourth-order valence-electron chi connectivity index (χ4n) is 3.22. The van der Waals surface area contributed by atoms with Gasteiger partial charge < -0.3 is 24.8 Å². The van der Waals surface area contributed by atoms with Crippen molar-refractivity contribution in [1.82, 2.24) is 0 Å². The van der Waals surface area contributed by atoms with Gasteiger partial charge in [-0.1, -0.05) is 0 Å². The molecule has 0 aromatic heterocycles. The average Bonchev–Trinajstić information content (AvgIpc) is 3.10. The van der Waals surface area contributed by atoms with Crippen LogP contribution in [-0.4, -0.2) is 0 Å². The molecule has 0 aliphatic heterocycles. The molecule has 0 nitrogen and oxygen atoms in total. The summed E-state index contributed by atoms with van der Waals surface area (Å²) < 4.78 is 0.690. The third-order valence-corrected chi connectivity index (χ3v) is 6.99. The Hall–Kier alpha value is -0.630. The molecule has 0 atom stereocenters. The third kappa shape index (κ3) is 3.18. The van der Waals surface area contributed by atoms with Gasteiger partial charge in [0.25, 0.3) is 0 Å². The van der Waals surface area contributed by atoms with Crippen LogP contribution in [0.3, 0.4) is 0 Å². The zero-order valence-electron chi connectivity index (χ0n) is 12.0. The van der Waals surface area contributed by atoms with Crippen LogP contribution in [0.2, 0.25) is 3.67 Å². The SMILES string of the molecule is [Cl-].[Cl-].[Hf+2][CH](C1=Cc2ccccc2C1)C1=Cc2ccccc2C1. The Kier molecular flexibility index (Phi) is 5.87. The Bertz CT molecular complexity index is 683. The van der Waals surface area contributed by atoms with Gasteiger partial charge in [0.2, 0.25) is 0 Å². The predicted octanol–water partition coefficient (Wildman–Crippen LogP) is -1.39. The van der Waals surface area contributed by atoms with E-state index in [0.29, 0.717) is 3.67 Å². The normalized spacial score (nSPS) is 14.5. The molecule has 0 radical (unpaired) electrons. The van der Waals surface area contributed by atoms with E-state index >= 15 is 0 Å². The van der Waals surface area contributed by atoms with Gasteiger partial charge in [0, 0.05) is 0 Å². The summed E-state index contributed by atoms with van der Waals surface area (Å²) in [6.07, 6.45) is 7.16. The van der Waals surface area contributed by atoms with Gasteiger partial charge in [0.1, 0.15) is 0 Å². The van der Waals surface area contributed by atoms with Crippen LogP contribution in [0.15, 0.2) is 59.7 Å². The number of benzene rings is 2. The van der Waals surface area contributed by atoms with Crippen LogP contribution in [0.4, 0.5) is 0 Å². The number of allylic oxidation sites excluding steroid dienone is 2. The molecule has 4 rings (SSSR count). The first-order valence-corrected chi connectivity index (χ1v) is 9.16. The third-order valence-electron chi connectivity index (χ3n) is 4.32. The van der Waals surface area contributed by atoms with Crippen LogP contribution in [-0.2, 0) is 37.2 Å². The topological polar surface area (TPSA) is 0 Å². The Morgan fingerprint density at radius 1 is 0.682 bits per heavy atom. The molecule has 22 heavy (non-hydrogen) atoms. The number of hydrogen-bond donors (Lipinski definition) is 0. The van der Waals surface area contributed by atoms with Crippen molar-refractivity contribution in [2.24, 2.45) is 0 Å². The number of hydrogen-bond acceptors (Lipinski definition) is 0. The molecular weight excluding hydrogens is 478 g/mol. The van der Waals surface area contributed by atoms with Crippen molar-refractivity contribution in [3.05, 3.63) is 81.9 Å². The Balaban J connectivity index is 0.000000882. The van der Waals surface area contributed by atoms with Crippen LogP contribution in [0.1, 0.15) is 22.3 Å². The number of fused-ring (bicyclic) bond motifs is 2. The maximum absolute atomic E-state index is 2.43. The maximum atomic E-state index is 2.43. The van der Waals surface area contributed by atoms with Gasteiger partial charge in [0.05, 0.1) is 0 Å². The summed E-state index contributed by atoms with van der Waals surface area (Å²) >= 11 is 1.20. The van der Waals surface area contributed by atoms with Gasteiger partial charge in [0.15, 0.2) is 0 Å². The molecule has 109 valence electrons. The van der Waals surface area contributed by atoms with Crippen molar-refractivity contribution >= 4 is 12.2 Å². The summed E-state index contributed by atoms with van der Waals surface area (Å²) in [5, 5.41) is 0. The standard InChI is InChI=1S/C19H15.2ClH.Hf/c1-2-6-17-11-14(10-16(17)5-1)9-15-12-18-7-3-4-8-19(18)13-15;;;/h1-10,12H,11,13H2;2*1H;/q;;;+2/p-2. The molecule has 0 fully saturated rings. The summed E-state index contributed by atoms with van der Waals surface area (Å²) in [7, 11) is 0. The molecule has 2 aliphatic carbocycles. The summed E-state index contributed by atoms with van der Waals surface area (Å²) in [5.74, 6) is 0. The molecule has 2 aliphatic rings. The summed E-state index contributed by atoms with van der Waals surface area (Å²) in [5.41, 5.74) is 9.10. The molecule has 0 N–H and O–H groups in total. The van der Waals surface area contributed by atoms with Gasteiger partial charge in [-0.15, -0.1) is 0 Å².